The lowest BCUT2D eigenvalue weighted by molar-refractivity contribution is 0.206. The molecule has 3 nitrogen and oxygen atoms in total. The van der Waals surface area contributed by atoms with E-state index < -0.39 is 0 Å². The average Bonchev–Trinajstić information content (AvgIpc) is 2.38. The van der Waals surface area contributed by atoms with Crippen molar-refractivity contribution in [3.05, 3.63) is 23.8 Å². The van der Waals surface area contributed by atoms with E-state index in [0.717, 1.165) is 49.4 Å². The van der Waals surface area contributed by atoms with Gasteiger partial charge in [-0.1, -0.05) is 26.3 Å². The maximum absolute atomic E-state index is 6.07. The molecule has 0 aliphatic heterocycles. The summed E-state index contributed by atoms with van der Waals surface area (Å²) < 4.78 is 11.8. The fourth-order valence-electron chi connectivity index (χ4n) is 2.15. The Bertz CT molecular complexity index is 391. The molecular formula is C17H29NO2. The molecule has 0 radical (unpaired) electrons. The second kappa shape index (κ2) is 8.85. The molecule has 0 aliphatic rings. The van der Waals surface area contributed by atoms with Crippen LogP contribution < -0.4 is 15.2 Å². The van der Waals surface area contributed by atoms with Gasteiger partial charge in [0.1, 0.15) is 11.5 Å². The lowest BCUT2D eigenvalue weighted by Crippen LogP contribution is -2.19. The molecule has 0 aromatic heterocycles. The predicted octanol–water partition coefficient (Wildman–Crippen LogP) is 3.93. The molecule has 0 saturated heterocycles. The zero-order valence-electron chi connectivity index (χ0n) is 13.3. The highest BCUT2D eigenvalue weighted by Gasteiger charge is 2.11. The summed E-state index contributed by atoms with van der Waals surface area (Å²) in [5.41, 5.74) is 7.07. The van der Waals surface area contributed by atoms with Gasteiger partial charge in [0.05, 0.1) is 12.7 Å². The van der Waals surface area contributed by atoms with Gasteiger partial charge in [-0.15, -0.1) is 0 Å². The third kappa shape index (κ3) is 5.83. The summed E-state index contributed by atoms with van der Waals surface area (Å²) in [6.45, 7) is 9.13. The van der Waals surface area contributed by atoms with E-state index in [0.29, 0.717) is 0 Å². The van der Waals surface area contributed by atoms with Gasteiger partial charge in [0.2, 0.25) is 0 Å². The van der Waals surface area contributed by atoms with Crippen LogP contribution in [0.25, 0.3) is 0 Å². The van der Waals surface area contributed by atoms with Crippen LogP contribution in [0.4, 0.5) is 0 Å². The zero-order chi connectivity index (χ0) is 15.0. The number of benzene rings is 1. The SMILES string of the molecule is CCCOc1ccc(CC(C)N)c(OC(C)CCC)c1. The topological polar surface area (TPSA) is 44.5 Å². The van der Waals surface area contributed by atoms with Gasteiger partial charge in [0, 0.05) is 12.1 Å². The summed E-state index contributed by atoms with van der Waals surface area (Å²) in [4.78, 5) is 0. The molecule has 0 fully saturated rings. The Morgan fingerprint density at radius 1 is 1.15 bits per heavy atom. The highest BCUT2D eigenvalue weighted by atomic mass is 16.5. The van der Waals surface area contributed by atoms with Crippen molar-refractivity contribution in [1.82, 2.24) is 0 Å². The van der Waals surface area contributed by atoms with Crippen LogP contribution in [0.3, 0.4) is 0 Å². The summed E-state index contributed by atoms with van der Waals surface area (Å²) in [6, 6.07) is 6.20. The van der Waals surface area contributed by atoms with Crippen molar-refractivity contribution in [2.75, 3.05) is 6.61 Å². The first-order chi connectivity index (χ1) is 9.56. The first kappa shape index (κ1) is 16.8. The molecule has 0 heterocycles. The summed E-state index contributed by atoms with van der Waals surface area (Å²) in [5, 5.41) is 0. The summed E-state index contributed by atoms with van der Waals surface area (Å²) in [6.07, 6.45) is 4.22. The van der Waals surface area contributed by atoms with E-state index in [1.165, 1.54) is 0 Å². The quantitative estimate of drug-likeness (QED) is 0.745. The van der Waals surface area contributed by atoms with E-state index >= 15 is 0 Å². The third-order valence-electron chi connectivity index (χ3n) is 3.08. The van der Waals surface area contributed by atoms with Crippen molar-refractivity contribution in [3.63, 3.8) is 0 Å². The van der Waals surface area contributed by atoms with Crippen molar-refractivity contribution < 1.29 is 9.47 Å². The number of nitrogens with two attached hydrogens (primary N) is 1. The van der Waals surface area contributed by atoms with Crippen molar-refractivity contribution >= 4 is 0 Å². The first-order valence-electron chi connectivity index (χ1n) is 7.74. The van der Waals surface area contributed by atoms with Crippen LogP contribution in [-0.2, 0) is 6.42 Å². The Kier molecular flexibility index (Phi) is 7.45. The second-order valence-corrected chi connectivity index (χ2v) is 5.52. The Balaban J connectivity index is 2.87. The fourth-order valence-corrected chi connectivity index (χ4v) is 2.15. The number of hydrogen-bond donors (Lipinski definition) is 1. The van der Waals surface area contributed by atoms with Gasteiger partial charge < -0.3 is 15.2 Å². The Morgan fingerprint density at radius 2 is 1.90 bits per heavy atom. The normalized spacial score (nSPS) is 13.8. The van der Waals surface area contributed by atoms with Crippen LogP contribution in [0.1, 0.15) is 52.5 Å². The summed E-state index contributed by atoms with van der Waals surface area (Å²) in [7, 11) is 0. The van der Waals surface area contributed by atoms with Crippen LogP contribution in [-0.4, -0.2) is 18.8 Å². The lowest BCUT2D eigenvalue weighted by Gasteiger charge is -2.19. The first-order valence-corrected chi connectivity index (χ1v) is 7.74. The minimum absolute atomic E-state index is 0.126. The minimum Gasteiger partial charge on any atom is -0.493 e. The summed E-state index contributed by atoms with van der Waals surface area (Å²) in [5.74, 6) is 1.79. The molecule has 2 atom stereocenters. The van der Waals surface area contributed by atoms with E-state index in [-0.39, 0.29) is 12.1 Å². The van der Waals surface area contributed by atoms with E-state index in [2.05, 4.69) is 26.8 Å². The fraction of sp³-hybridized carbons (Fsp3) is 0.647. The maximum Gasteiger partial charge on any atom is 0.126 e. The van der Waals surface area contributed by atoms with Crippen molar-refractivity contribution in [3.8, 4) is 11.5 Å². The molecule has 0 aliphatic carbocycles. The Hall–Kier alpha value is -1.22. The maximum atomic E-state index is 6.07. The van der Waals surface area contributed by atoms with E-state index in [9.17, 15) is 0 Å². The highest BCUT2D eigenvalue weighted by Crippen LogP contribution is 2.27. The molecule has 1 aromatic carbocycles. The van der Waals surface area contributed by atoms with Crippen LogP contribution in [0, 0.1) is 0 Å². The minimum atomic E-state index is 0.126. The van der Waals surface area contributed by atoms with Crippen LogP contribution in [0.15, 0.2) is 18.2 Å². The highest BCUT2D eigenvalue weighted by molar-refractivity contribution is 5.41. The van der Waals surface area contributed by atoms with Gasteiger partial charge in [0.25, 0.3) is 0 Å². The molecule has 0 saturated carbocycles. The molecule has 2 N–H and O–H groups in total. The number of ether oxygens (including phenoxy) is 2. The van der Waals surface area contributed by atoms with Crippen LogP contribution >= 0.6 is 0 Å². The van der Waals surface area contributed by atoms with Gasteiger partial charge >= 0.3 is 0 Å². The number of hydrogen-bond acceptors (Lipinski definition) is 3. The van der Waals surface area contributed by atoms with E-state index in [1.54, 1.807) is 0 Å². The van der Waals surface area contributed by atoms with Crippen LogP contribution in [0.2, 0.25) is 0 Å². The molecule has 114 valence electrons. The van der Waals surface area contributed by atoms with E-state index in [1.807, 2.05) is 19.1 Å². The van der Waals surface area contributed by atoms with Gasteiger partial charge in [-0.05, 0) is 44.7 Å². The monoisotopic (exact) mass is 279 g/mol. The average molecular weight is 279 g/mol. The lowest BCUT2D eigenvalue weighted by atomic mass is 10.1. The molecule has 1 aromatic rings. The van der Waals surface area contributed by atoms with Gasteiger partial charge in [-0.2, -0.15) is 0 Å². The molecule has 20 heavy (non-hydrogen) atoms. The largest absolute Gasteiger partial charge is 0.493 e. The number of rotatable bonds is 9. The zero-order valence-corrected chi connectivity index (χ0v) is 13.3. The predicted molar refractivity (Wildman–Crippen MR) is 84.6 cm³/mol. The van der Waals surface area contributed by atoms with Crippen molar-refractivity contribution in [2.24, 2.45) is 5.73 Å². The molecule has 2 unspecified atom stereocenters. The molecule has 0 bridgehead atoms. The standard InChI is InChI=1S/C17H29NO2/c1-5-7-14(4)20-17-12-16(19-10-6-2)9-8-15(17)11-13(3)18/h8-9,12-14H,5-7,10-11,18H2,1-4H3. The second-order valence-electron chi connectivity index (χ2n) is 5.52. The Labute approximate surface area is 123 Å². The van der Waals surface area contributed by atoms with E-state index in [4.69, 9.17) is 15.2 Å². The summed E-state index contributed by atoms with van der Waals surface area (Å²) >= 11 is 0. The van der Waals surface area contributed by atoms with Crippen molar-refractivity contribution in [1.29, 1.82) is 0 Å². The van der Waals surface area contributed by atoms with Gasteiger partial charge in [0.15, 0.2) is 0 Å². The molecule has 3 heteroatoms. The van der Waals surface area contributed by atoms with Crippen LogP contribution in [0.5, 0.6) is 11.5 Å². The molecule has 1 rings (SSSR count). The van der Waals surface area contributed by atoms with Crippen molar-refractivity contribution in [2.45, 2.75) is 65.5 Å². The smallest absolute Gasteiger partial charge is 0.126 e. The third-order valence-corrected chi connectivity index (χ3v) is 3.08. The van der Waals surface area contributed by atoms with Gasteiger partial charge in [-0.25, -0.2) is 0 Å². The van der Waals surface area contributed by atoms with Gasteiger partial charge in [-0.3, -0.25) is 0 Å². The molecular weight excluding hydrogens is 250 g/mol. The Morgan fingerprint density at radius 3 is 2.50 bits per heavy atom. The molecule has 0 spiro atoms. The molecule has 0 amide bonds.